The molecular formula is C21H28ClN3O2. The highest BCUT2D eigenvalue weighted by Gasteiger charge is 2.14. The fourth-order valence-corrected chi connectivity index (χ4v) is 2.49. The van der Waals surface area contributed by atoms with Crippen LogP contribution in [-0.4, -0.2) is 36.3 Å². The van der Waals surface area contributed by atoms with Crippen LogP contribution in [0.4, 0.5) is 5.69 Å². The number of carbonyl (C=O) groups is 2. The summed E-state index contributed by atoms with van der Waals surface area (Å²) in [6.07, 6.45) is 0.769. The van der Waals surface area contributed by atoms with E-state index in [2.05, 4.69) is 19.2 Å². The first-order valence-corrected chi connectivity index (χ1v) is 8.86. The Balaban J connectivity index is 0.00000364. The Kier molecular flexibility index (Phi) is 8.98. The lowest BCUT2D eigenvalue weighted by atomic mass is 10.0. The number of anilines is 1. The molecule has 1 atom stereocenters. The quantitative estimate of drug-likeness (QED) is 0.756. The number of benzene rings is 2. The number of hydrogen-bond acceptors (Lipinski definition) is 3. The minimum atomic E-state index is -0.176. The topological polar surface area (TPSA) is 75.4 Å². The van der Waals surface area contributed by atoms with Gasteiger partial charge in [-0.2, -0.15) is 0 Å². The second-order valence-electron chi connectivity index (χ2n) is 6.82. The summed E-state index contributed by atoms with van der Waals surface area (Å²) >= 11 is 0. The SMILES string of the molecule is CC(C)C(N)CCN(C)C(=O)c1ccc(NC(=O)c2ccccc2)cc1.Cl. The average molecular weight is 390 g/mol. The lowest BCUT2D eigenvalue weighted by molar-refractivity contribution is 0.0789. The van der Waals surface area contributed by atoms with Gasteiger partial charge < -0.3 is 16.0 Å². The third-order valence-corrected chi connectivity index (χ3v) is 4.43. The molecule has 0 aromatic heterocycles. The number of hydrogen-bond donors (Lipinski definition) is 2. The van der Waals surface area contributed by atoms with E-state index in [4.69, 9.17) is 5.73 Å². The molecule has 0 bridgehead atoms. The van der Waals surface area contributed by atoms with Gasteiger partial charge in [-0.05, 0) is 48.7 Å². The van der Waals surface area contributed by atoms with Crippen molar-refractivity contribution < 1.29 is 9.59 Å². The van der Waals surface area contributed by atoms with E-state index in [1.54, 1.807) is 48.3 Å². The number of carbonyl (C=O) groups excluding carboxylic acids is 2. The molecule has 0 radical (unpaired) electrons. The summed E-state index contributed by atoms with van der Waals surface area (Å²) in [4.78, 5) is 26.3. The molecule has 6 heteroatoms. The van der Waals surface area contributed by atoms with Crippen LogP contribution in [0.15, 0.2) is 54.6 Å². The van der Waals surface area contributed by atoms with E-state index in [1.165, 1.54) is 0 Å². The number of amides is 2. The van der Waals surface area contributed by atoms with Gasteiger partial charge in [0, 0.05) is 36.4 Å². The molecule has 2 amide bonds. The van der Waals surface area contributed by atoms with Crippen molar-refractivity contribution >= 4 is 29.9 Å². The summed E-state index contributed by atoms with van der Waals surface area (Å²) in [5.74, 6) is 0.164. The van der Waals surface area contributed by atoms with Crippen LogP contribution in [0.25, 0.3) is 0 Å². The second-order valence-corrected chi connectivity index (χ2v) is 6.82. The van der Waals surface area contributed by atoms with E-state index in [0.717, 1.165) is 6.42 Å². The fourth-order valence-electron chi connectivity index (χ4n) is 2.49. The Labute approximate surface area is 167 Å². The molecule has 27 heavy (non-hydrogen) atoms. The molecule has 0 saturated heterocycles. The fraction of sp³-hybridized carbons (Fsp3) is 0.333. The van der Waals surface area contributed by atoms with Gasteiger partial charge in [0.15, 0.2) is 0 Å². The Morgan fingerprint density at radius 2 is 1.59 bits per heavy atom. The largest absolute Gasteiger partial charge is 0.342 e. The predicted molar refractivity (Wildman–Crippen MR) is 112 cm³/mol. The van der Waals surface area contributed by atoms with Crippen LogP contribution in [0.5, 0.6) is 0 Å². The van der Waals surface area contributed by atoms with Crippen molar-refractivity contribution in [2.24, 2.45) is 11.7 Å². The minimum Gasteiger partial charge on any atom is -0.342 e. The van der Waals surface area contributed by atoms with Crippen molar-refractivity contribution in [3.05, 3.63) is 65.7 Å². The third kappa shape index (κ3) is 6.70. The van der Waals surface area contributed by atoms with Crippen molar-refractivity contribution in [1.82, 2.24) is 4.90 Å². The van der Waals surface area contributed by atoms with Crippen LogP contribution in [0, 0.1) is 5.92 Å². The zero-order chi connectivity index (χ0) is 19.1. The number of rotatable bonds is 7. The lowest BCUT2D eigenvalue weighted by Gasteiger charge is -2.21. The molecule has 0 aliphatic rings. The van der Waals surface area contributed by atoms with E-state index >= 15 is 0 Å². The van der Waals surface area contributed by atoms with E-state index in [-0.39, 0.29) is 30.3 Å². The third-order valence-electron chi connectivity index (χ3n) is 4.43. The van der Waals surface area contributed by atoms with Crippen LogP contribution in [0.3, 0.4) is 0 Å². The van der Waals surface area contributed by atoms with Gasteiger partial charge in [0.05, 0.1) is 0 Å². The van der Waals surface area contributed by atoms with E-state index in [0.29, 0.717) is 29.3 Å². The standard InChI is InChI=1S/C21H27N3O2.ClH/c1-15(2)19(22)13-14-24(3)21(26)17-9-11-18(12-10-17)23-20(25)16-7-5-4-6-8-16;/h4-12,15,19H,13-14,22H2,1-3H3,(H,23,25);1H. The summed E-state index contributed by atoms with van der Waals surface area (Å²) in [5.41, 5.74) is 7.87. The van der Waals surface area contributed by atoms with Crippen LogP contribution < -0.4 is 11.1 Å². The first-order valence-electron chi connectivity index (χ1n) is 8.86. The molecule has 2 aromatic rings. The highest BCUT2D eigenvalue weighted by Crippen LogP contribution is 2.13. The van der Waals surface area contributed by atoms with Gasteiger partial charge in [-0.1, -0.05) is 32.0 Å². The van der Waals surface area contributed by atoms with Crippen molar-refractivity contribution in [3.8, 4) is 0 Å². The highest BCUT2D eigenvalue weighted by molar-refractivity contribution is 6.04. The molecule has 146 valence electrons. The molecule has 0 heterocycles. The number of nitrogens with two attached hydrogens (primary N) is 1. The van der Waals surface area contributed by atoms with E-state index < -0.39 is 0 Å². The molecule has 5 nitrogen and oxygen atoms in total. The van der Waals surface area contributed by atoms with Gasteiger partial charge in [0.2, 0.25) is 0 Å². The molecule has 0 spiro atoms. The van der Waals surface area contributed by atoms with Gasteiger partial charge in [-0.3, -0.25) is 9.59 Å². The van der Waals surface area contributed by atoms with Crippen LogP contribution in [0.2, 0.25) is 0 Å². The first kappa shape index (κ1) is 22.7. The Hall–Kier alpha value is -2.37. The van der Waals surface area contributed by atoms with Crippen LogP contribution in [0.1, 0.15) is 41.0 Å². The second kappa shape index (κ2) is 10.7. The maximum atomic E-state index is 12.5. The summed E-state index contributed by atoms with van der Waals surface area (Å²) in [5, 5.41) is 2.83. The maximum Gasteiger partial charge on any atom is 0.255 e. The van der Waals surface area contributed by atoms with Gasteiger partial charge in [-0.25, -0.2) is 0 Å². The summed E-state index contributed by atoms with van der Waals surface area (Å²) in [6, 6.07) is 16.0. The maximum absolute atomic E-state index is 12.5. The normalized spacial score (nSPS) is 11.4. The molecule has 2 aromatic carbocycles. The molecule has 2 rings (SSSR count). The van der Waals surface area contributed by atoms with Gasteiger partial charge in [0.25, 0.3) is 11.8 Å². The monoisotopic (exact) mass is 389 g/mol. The molecule has 3 N–H and O–H groups in total. The first-order chi connectivity index (χ1) is 12.4. The number of halogens is 1. The molecule has 0 aliphatic carbocycles. The zero-order valence-corrected chi connectivity index (χ0v) is 16.8. The molecule has 1 unspecified atom stereocenters. The van der Waals surface area contributed by atoms with Crippen LogP contribution >= 0.6 is 12.4 Å². The van der Waals surface area contributed by atoms with Gasteiger partial charge in [-0.15, -0.1) is 12.4 Å². The predicted octanol–water partition coefficient (Wildman–Crippen LogP) is 3.81. The number of nitrogens with zero attached hydrogens (tertiary/aromatic N) is 1. The minimum absolute atomic E-state index is 0. The van der Waals surface area contributed by atoms with E-state index in [9.17, 15) is 9.59 Å². The molecule has 0 aliphatic heterocycles. The summed E-state index contributed by atoms with van der Waals surface area (Å²) in [7, 11) is 1.78. The van der Waals surface area contributed by atoms with Gasteiger partial charge in [0.1, 0.15) is 0 Å². The van der Waals surface area contributed by atoms with Crippen molar-refractivity contribution in [1.29, 1.82) is 0 Å². The van der Waals surface area contributed by atoms with Crippen molar-refractivity contribution in [2.45, 2.75) is 26.3 Å². The van der Waals surface area contributed by atoms with Crippen LogP contribution in [-0.2, 0) is 0 Å². The van der Waals surface area contributed by atoms with Crippen molar-refractivity contribution in [3.63, 3.8) is 0 Å². The lowest BCUT2D eigenvalue weighted by Crippen LogP contribution is -2.34. The Morgan fingerprint density at radius 1 is 1.00 bits per heavy atom. The smallest absolute Gasteiger partial charge is 0.255 e. The summed E-state index contributed by atoms with van der Waals surface area (Å²) < 4.78 is 0. The molecular weight excluding hydrogens is 362 g/mol. The average Bonchev–Trinajstić information content (AvgIpc) is 2.66. The molecule has 0 fully saturated rings. The zero-order valence-electron chi connectivity index (χ0n) is 16.0. The highest BCUT2D eigenvalue weighted by atomic mass is 35.5. The number of nitrogens with one attached hydrogen (secondary N) is 1. The Morgan fingerprint density at radius 3 is 2.15 bits per heavy atom. The van der Waals surface area contributed by atoms with Gasteiger partial charge >= 0.3 is 0 Å². The Bertz CT molecular complexity index is 733. The summed E-state index contributed by atoms with van der Waals surface area (Å²) in [6.45, 7) is 4.77. The van der Waals surface area contributed by atoms with Crippen molar-refractivity contribution in [2.75, 3.05) is 18.9 Å². The molecule has 0 saturated carbocycles. The van der Waals surface area contributed by atoms with E-state index in [1.807, 2.05) is 18.2 Å².